The van der Waals surface area contributed by atoms with Gasteiger partial charge in [-0.15, -0.1) is 0 Å². The molecule has 0 aliphatic heterocycles. The molecule has 6 heteroatoms. The van der Waals surface area contributed by atoms with Crippen molar-refractivity contribution in [3.05, 3.63) is 34.9 Å². The minimum atomic E-state index is 0.271. The molecule has 0 atom stereocenters. The van der Waals surface area contributed by atoms with E-state index in [-0.39, 0.29) is 10.2 Å². The average molecular weight is 283 g/mol. The van der Waals surface area contributed by atoms with E-state index in [0.29, 0.717) is 29.4 Å². The number of thiocarbonyl (C=S) groups is 1. The number of hydrogen-bond donors (Lipinski definition) is 0. The van der Waals surface area contributed by atoms with Crippen molar-refractivity contribution >= 4 is 28.9 Å². The Morgan fingerprint density at radius 1 is 1.50 bits per heavy atom. The van der Waals surface area contributed by atoms with Gasteiger partial charge in [-0.1, -0.05) is 11.6 Å². The standard InChI is InChI=1S/C12H11ClN2O2S/c1-3-16-12(18)9-10(8-5-4-6-17-8)14-7(2)15-11(9)13/h4-6H,3H2,1-2H3. The van der Waals surface area contributed by atoms with Crippen LogP contribution >= 0.6 is 23.8 Å². The third-order valence-electron chi connectivity index (χ3n) is 2.21. The summed E-state index contributed by atoms with van der Waals surface area (Å²) in [6, 6.07) is 3.56. The summed E-state index contributed by atoms with van der Waals surface area (Å²) in [7, 11) is 0. The Bertz CT molecular complexity index is 570. The minimum absolute atomic E-state index is 0.271. The van der Waals surface area contributed by atoms with Crippen LogP contribution in [0.1, 0.15) is 18.3 Å². The van der Waals surface area contributed by atoms with Crippen molar-refractivity contribution in [1.29, 1.82) is 0 Å². The zero-order chi connectivity index (χ0) is 13.1. The zero-order valence-corrected chi connectivity index (χ0v) is 11.5. The molecule has 0 aliphatic rings. The Morgan fingerprint density at radius 3 is 2.89 bits per heavy atom. The molecule has 0 bridgehead atoms. The van der Waals surface area contributed by atoms with Crippen molar-refractivity contribution in [3.63, 3.8) is 0 Å². The maximum atomic E-state index is 6.12. The molecule has 18 heavy (non-hydrogen) atoms. The van der Waals surface area contributed by atoms with E-state index in [0.717, 1.165) is 0 Å². The van der Waals surface area contributed by atoms with Gasteiger partial charge in [0.1, 0.15) is 16.7 Å². The fourth-order valence-electron chi connectivity index (χ4n) is 1.51. The fraction of sp³-hybridized carbons (Fsp3) is 0.250. The zero-order valence-electron chi connectivity index (χ0n) is 9.94. The molecule has 2 rings (SSSR count). The van der Waals surface area contributed by atoms with Gasteiger partial charge in [0.2, 0.25) is 0 Å². The van der Waals surface area contributed by atoms with Crippen molar-refractivity contribution in [3.8, 4) is 11.5 Å². The number of aryl methyl sites for hydroxylation is 1. The maximum Gasteiger partial charge on any atom is 0.196 e. The second-order valence-electron chi connectivity index (χ2n) is 3.48. The second kappa shape index (κ2) is 5.46. The van der Waals surface area contributed by atoms with Gasteiger partial charge in [0.25, 0.3) is 0 Å². The second-order valence-corrected chi connectivity index (χ2v) is 4.21. The summed E-state index contributed by atoms with van der Waals surface area (Å²) in [6.07, 6.45) is 1.56. The quantitative estimate of drug-likeness (QED) is 0.638. The summed E-state index contributed by atoms with van der Waals surface area (Å²) >= 11 is 11.3. The summed E-state index contributed by atoms with van der Waals surface area (Å²) in [4.78, 5) is 8.42. The van der Waals surface area contributed by atoms with Crippen LogP contribution < -0.4 is 0 Å². The third-order valence-corrected chi connectivity index (χ3v) is 2.81. The average Bonchev–Trinajstić information content (AvgIpc) is 2.81. The maximum absolute atomic E-state index is 6.12. The van der Waals surface area contributed by atoms with Crippen LogP contribution in [0.2, 0.25) is 5.15 Å². The molecule has 2 aromatic rings. The van der Waals surface area contributed by atoms with Crippen LogP contribution in [-0.2, 0) is 4.74 Å². The van der Waals surface area contributed by atoms with E-state index < -0.39 is 0 Å². The van der Waals surface area contributed by atoms with Crippen LogP contribution in [0.15, 0.2) is 22.8 Å². The Balaban J connectivity index is 2.59. The summed E-state index contributed by atoms with van der Waals surface area (Å²) < 4.78 is 10.6. The summed E-state index contributed by atoms with van der Waals surface area (Å²) in [6.45, 7) is 4.06. The summed E-state index contributed by atoms with van der Waals surface area (Å²) in [5.41, 5.74) is 1.05. The first-order valence-electron chi connectivity index (χ1n) is 5.38. The SMILES string of the molecule is CCOC(=S)c1c(Cl)nc(C)nc1-c1ccco1. The molecule has 0 spiro atoms. The lowest BCUT2D eigenvalue weighted by atomic mass is 10.2. The molecule has 2 aromatic heterocycles. The molecule has 4 nitrogen and oxygen atoms in total. The van der Waals surface area contributed by atoms with Crippen LogP contribution in [0, 0.1) is 6.92 Å². The van der Waals surface area contributed by atoms with Crippen LogP contribution in [0.4, 0.5) is 0 Å². The molecule has 0 fully saturated rings. The lowest BCUT2D eigenvalue weighted by molar-refractivity contribution is 0.337. The lowest BCUT2D eigenvalue weighted by Crippen LogP contribution is -2.09. The lowest BCUT2D eigenvalue weighted by Gasteiger charge is -2.10. The molecule has 0 radical (unpaired) electrons. The number of hydrogen-bond acceptors (Lipinski definition) is 5. The molecule has 94 valence electrons. The third kappa shape index (κ3) is 2.52. The molecule has 0 amide bonds. The van der Waals surface area contributed by atoms with Gasteiger partial charge in [-0.25, -0.2) is 9.97 Å². The summed E-state index contributed by atoms with van der Waals surface area (Å²) in [5, 5.41) is 0.543. The van der Waals surface area contributed by atoms with Gasteiger partial charge >= 0.3 is 0 Å². The monoisotopic (exact) mass is 282 g/mol. The van der Waals surface area contributed by atoms with Gasteiger partial charge in [0, 0.05) is 0 Å². The largest absolute Gasteiger partial charge is 0.483 e. The van der Waals surface area contributed by atoms with Gasteiger partial charge in [-0.05, 0) is 38.2 Å². The van der Waals surface area contributed by atoms with Crippen LogP contribution in [0.25, 0.3) is 11.5 Å². The molecular formula is C12H11ClN2O2S. The van der Waals surface area contributed by atoms with Crippen molar-refractivity contribution in [2.24, 2.45) is 0 Å². The van der Waals surface area contributed by atoms with Crippen LogP contribution in [-0.4, -0.2) is 21.6 Å². The Morgan fingerprint density at radius 2 is 2.28 bits per heavy atom. The number of aromatic nitrogens is 2. The molecule has 0 saturated carbocycles. The minimum Gasteiger partial charge on any atom is -0.483 e. The smallest absolute Gasteiger partial charge is 0.196 e. The Kier molecular flexibility index (Phi) is 3.93. The number of ether oxygens (including phenoxy) is 1. The van der Waals surface area contributed by atoms with E-state index in [1.165, 1.54) is 0 Å². The van der Waals surface area contributed by atoms with E-state index in [9.17, 15) is 0 Å². The summed E-state index contributed by atoms with van der Waals surface area (Å²) in [5.74, 6) is 1.13. The number of halogens is 1. The van der Waals surface area contributed by atoms with Gasteiger partial charge in [0.05, 0.1) is 18.4 Å². The molecule has 2 heterocycles. The van der Waals surface area contributed by atoms with Gasteiger partial charge in [0.15, 0.2) is 10.8 Å². The van der Waals surface area contributed by atoms with Crippen molar-refractivity contribution in [2.45, 2.75) is 13.8 Å². The topological polar surface area (TPSA) is 48.2 Å². The van der Waals surface area contributed by atoms with Crippen molar-refractivity contribution in [1.82, 2.24) is 9.97 Å². The van der Waals surface area contributed by atoms with E-state index >= 15 is 0 Å². The Hall–Kier alpha value is -1.46. The Labute approximate surface area is 115 Å². The normalized spacial score (nSPS) is 10.4. The molecule has 0 unspecified atom stereocenters. The van der Waals surface area contributed by atoms with Crippen LogP contribution in [0.5, 0.6) is 0 Å². The number of furan rings is 1. The predicted octanol–water partition coefficient (Wildman–Crippen LogP) is 3.41. The van der Waals surface area contributed by atoms with Crippen molar-refractivity contribution < 1.29 is 9.15 Å². The highest BCUT2D eigenvalue weighted by atomic mass is 35.5. The van der Waals surface area contributed by atoms with Crippen molar-refractivity contribution in [2.75, 3.05) is 6.61 Å². The predicted molar refractivity (Wildman–Crippen MR) is 72.8 cm³/mol. The molecule has 0 aromatic carbocycles. The highest BCUT2D eigenvalue weighted by Gasteiger charge is 2.20. The first kappa shape index (κ1) is 13.0. The molecular weight excluding hydrogens is 272 g/mol. The highest BCUT2D eigenvalue weighted by molar-refractivity contribution is 7.80. The molecule has 0 N–H and O–H groups in total. The number of nitrogens with zero attached hydrogens (tertiary/aromatic N) is 2. The van der Waals surface area contributed by atoms with Gasteiger partial charge in [-0.3, -0.25) is 0 Å². The van der Waals surface area contributed by atoms with Gasteiger partial charge in [-0.2, -0.15) is 0 Å². The van der Waals surface area contributed by atoms with E-state index in [1.807, 2.05) is 6.92 Å². The highest BCUT2D eigenvalue weighted by Crippen LogP contribution is 2.27. The van der Waals surface area contributed by atoms with Crippen LogP contribution in [0.3, 0.4) is 0 Å². The first-order valence-corrected chi connectivity index (χ1v) is 6.17. The van der Waals surface area contributed by atoms with E-state index in [2.05, 4.69) is 9.97 Å². The molecule has 0 saturated heterocycles. The van der Waals surface area contributed by atoms with E-state index in [1.54, 1.807) is 25.3 Å². The fourth-order valence-corrected chi connectivity index (χ4v) is 2.18. The molecule has 0 aliphatic carbocycles. The van der Waals surface area contributed by atoms with E-state index in [4.69, 9.17) is 33.0 Å². The number of rotatable bonds is 3. The first-order chi connectivity index (χ1) is 8.63. The van der Waals surface area contributed by atoms with Gasteiger partial charge < -0.3 is 9.15 Å².